The summed E-state index contributed by atoms with van der Waals surface area (Å²) in [4.78, 5) is 3.98. The third-order valence-electron chi connectivity index (χ3n) is 1.52. The van der Waals surface area contributed by atoms with Crippen LogP contribution in [0.4, 0.5) is 0 Å². The first kappa shape index (κ1) is 9.84. The third kappa shape index (κ3) is 2.93. The lowest BCUT2D eigenvalue weighted by Crippen LogP contribution is -2.05. The zero-order valence-corrected chi connectivity index (χ0v) is 8.24. The molecule has 1 aromatic rings. The second-order valence-corrected chi connectivity index (χ2v) is 3.54. The summed E-state index contributed by atoms with van der Waals surface area (Å²) in [5.74, 6) is 0.863. The molecule has 0 atom stereocenters. The number of aromatic hydroxyl groups is 1. The van der Waals surface area contributed by atoms with E-state index in [4.69, 9.17) is 4.74 Å². The van der Waals surface area contributed by atoms with Crippen LogP contribution in [-0.4, -0.2) is 16.7 Å². The fourth-order valence-electron chi connectivity index (χ4n) is 0.898. The van der Waals surface area contributed by atoms with Gasteiger partial charge in [0.15, 0.2) is 5.75 Å². The van der Waals surface area contributed by atoms with Gasteiger partial charge < -0.3 is 9.84 Å². The first-order chi connectivity index (χ1) is 6.09. The van der Waals surface area contributed by atoms with E-state index < -0.39 is 0 Å². The average Bonchev–Trinajstić information content (AvgIpc) is 2.02. The largest absolute Gasteiger partial charge is 0.503 e. The summed E-state index contributed by atoms with van der Waals surface area (Å²) in [6, 6.07) is 1.64. The average molecular weight is 181 g/mol. The fourth-order valence-corrected chi connectivity index (χ4v) is 0.898. The SMILES string of the molecule is Cc1cnc(OCC(C)C)c(O)c1. The number of rotatable bonds is 3. The summed E-state index contributed by atoms with van der Waals surface area (Å²) >= 11 is 0. The monoisotopic (exact) mass is 181 g/mol. The van der Waals surface area contributed by atoms with E-state index in [-0.39, 0.29) is 5.75 Å². The topological polar surface area (TPSA) is 42.4 Å². The predicted octanol–water partition coefficient (Wildman–Crippen LogP) is 2.13. The van der Waals surface area contributed by atoms with Gasteiger partial charge in [0.1, 0.15) is 0 Å². The van der Waals surface area contributed by atoms with Gasteiger partial charge in [0, 0.05) is 6.20 Å². The van der Waals surface area contributed by atoms with Crippen LogP contribution in [0, 0.1) is 12.8 Å². The highest BCUT2D eigenvalue weighted by atomic mass is 16.5. The van der Waals surface area contributed by atoms with Gasteiger partial charge >= 0.3 is 0 Å². The van der Waals surface area contributed by atoms with E-state index in [0.717, 1.165) is 5.56 Å². The Balaban J connectivity index is 2.67. The summed E-state index contributed by atoms with van der Waals surface area (Å²) in [5.41, 5.74) is 0.925. The fraction of sp³-hybridized carbons (Fsp3) is 0.500. The molecule has 1 rings (SSSR count). The van der Waals surface area contributed by atoms with Crippen molar-refractivity contribution in [2.24, 2.45) is 5.92 Å². The first-order valence-electron chi connectivity index (χ1n) is 4.38. The third-order valence-corrected chi connectivity index (χ3v) is 1.52. The number of aromatic nitrogens is 1. The molecule has 1 N–H and O–H groups in total. The molecular formula is C10H15NO2. The smallest absolute Gasteiger partial charge is 0.256 e. The van der Waals surface area contributed by atoms with Crippen molar-refractivity contribution in [1.82, 2.24) is 4.98 Å². The Morgan fingerprint density at radius 3 is 2.77 bits per heavy atom. The Kier molecular flexibility index (Phi) is 3.12. The van der Waals surface area contributed by atoms with Crippen molar-refractivity contribution in [3.63, 3.8) is 0 Å². The quantitative estimate of drug-likeness (QED) is 0.776. The van der Waals surface area contributed by atoms with E-state index in [1.807, 2.05) is 20.8 Å². The summed E-state index contributed by atoms with van der Waals surface area (Å²) < 4.78 is 5.29. The number of nitrogens with zero attached hydrogens (tertiary/aromatic N) is 1. The lowest BCUT2D eigenvalue weighted by atomic mass is 10.2. The van der Waals surface area contributed by atoms with Crippen LogP contribution >= 0.6 is 0 Å². The molecule has 1 aromatic heterocycles. The summed E-state index contributed by atoms with van der Waals surface area (Å²) in [6.07, 6.45) is 1.68. The molecule has 0 aromatic carbocycles. The van der Waals surface area contributed by atoms with E-state index in [2.05, 4.69) is 4.98 Å². The standard InChI is InChI=1S/C10H15NO2/c1-7(2)6-13-10-9(12)4-8(3)5-11-10/h4-5,7,12H,6H2,1-3H3. The zero-order valence-electron chi connectivity index (χ0n) is 8.24. The predicted molar refractivity (Wildman–Crippen MR) is 51.0 cm³/mol. The second-order valence-electron chi connectivity index (χ2n) is 3.54. The maximum Gasteiger partial charge on any atom is 0.256 e. The lowest BCUT2D eigenvalue weighted by molar-refractivity contribution is 0.249. The van der Waals surface area contributed by atoms with Crippen molar-refractivity contribution < 1.29 is 9.84 Å². The van der Waals surface area contributed by atoms with E-state index in [9.17, 15) is 5.11 Å². The van der Waals surface area contributed by atoms with E-state index in [1.54, 1.807) is 12.3 Å². The second kappa shape index (κ2) is 4.12. The van der Waals surface area contributed by atoms with Crippen LogP contribution in [0.15, 0.2) is 12.3 Å². The Labute approximate surface area is 78.4 Å². The highest BCUT2D eigenvalue weighted by Gasteiger charge is 2.04. The molecule has 0 bridgehead atoms. The van der Waals surface area contributed by atoms with E-state index in [1.165, 1.54) is 0 Å². The van der Waals surface area contributed by atoms with Crippen LogP contribution in [-0.2, 0) is 0 Å². The lowest BCUT2D eigenvalue weighted by Gasteiger charge is -2.08. The van der Waals surface area contributed by atoms with Crippen molar-refractivity contribution in [2.45, 2.75) is 20.8 Å². The molecule has 3 heteroatoms. The van der Waals surface area contributed by atoms with Gasteiger partial charge in [0.25, 0.3) is 5.88 Å². The Hall–Kier alpha value is -1.25. The number of ether oxygens (including phenoxy) is 1. The molecule has 3 nitrogen and oxygen atoms in total. The molecule has 1 heterocycles. The summed E-state index contributed by atoms with van der Waals surface area (Å²) in [6.45, 7) is 6.54. The van der Waals surface area contributed by atoms with Crippen LogP contribution in [0.25, 0.3) is 0 Å². The minimum atomic E-state index is 0.112. The molecule has 0 aliphatic carbocycles. The highest BCUT2D eigenvalue weighted by molar-refractivity contribution is 5.34. The molecule has 13 heavy (non-hydrogen) atoms. The summed E-state index contributed by atoms with van der Waals surface area (Å²) in [7, 11) is 0. The number of pyridine rings is 1. The molecule has 0 unspecified atom stereocenters. The molecule has 0 fully saturated rings. The van der Waals surface area contributed by atoms with Gasteiger partial charge in [-0.05, 0) is 24.5 Å². The number of hydrogen-bond acceptors (Lipinski definition) is 3. The number of hydrogen-bond donors (Lipinski definition) is 1. The molecule has 0 saturated carbocycles. The minimum absolute atomic E-state index is 0.112. The van der Waals surface area contributed by atoms with Gasteiger partial charge in [-0.2, -0.15) is 0 Å². The molecule has 0 aliphatic heterocycles. The van der Waals surface area contributed by atoms with Crippen molar-refractivity contribution >= 4 is 0 Å². The van der Waals surface area contributed by atoms with Crippen LogP contribution in [0.3, 0.4) is 0 Å². The van der Waals surface area contributed by atoms with Crippen LogP contribution in [0.1, 0.15) is 19.4 Å². The maximum atomic E-state index is 9.42. The maximum absolute atomic E-state index is 9.42. The van der Waals surface area contributed by atoms with Crippen LogP contribution in [0.5, 0.6) is 11.6 Å². The Bertz CT molecular complexity index is 284. The normalized spacial score (nSPS) is 10.5. The van der Waals surface area contributed by atoms with Crippen LogP contribution < -0.4 is 4.74 Å². The molecule has 0 radical (unpaired) electrons. The van der Waals surface area contributed by atoms with Gasteiger partial charge in [0.05, 0.1) is 6.61 Å². The van der Waals surface area contributed by atoms with Crippen molar-refractivity contribution in [1.29, 1.82) is 0 Å². The Morgan fingerprint density at radius 1 is 1.54 bits per heavy atom. The number of aryl methyl sites for hydroxylation is 1. The van der Waals surface area contributed by atoms with Crippen molar-refractivity contribution in [2.75, 3.05) is 6.61 Å². The molecule has 0 spiro atoms. The molecule has 0 aliphatic rings. The molecule has 0 saturated heterocycles. The highest BCUT2D eigenvalue weighted by Crippen LogP contribution is 2.23. The molecular weight excluding hydrogens is 166 g/mol. The van der Waals surface area contributed by atoms with Gasteiger partial charge in [-0.3, -0.25) is 0 Å². The van der Waals surface area contributed by atoms with E-state index in [0.29, 0.717) is 18.4 Å². The first-order valence-corrected chi connectivity index (χ1v) is 4.38. The van der Waals surface area contributed by atoms with Crippen molar-refractivity contribution in [3.05, 3.63) is 17.8 Å². The molecule has 0 amide bonds. The van der Waals surface area contributed by atoms with Gasteiger partial charge in [-0.25, -0.2) is 4.98 Å². The van der Waals surface area contributed by atoms with Crippen molar-refractivity contribution in [3.8, 4) is 11.6 Å². The zero-order chi connectivity index (χ0) is 9.84. The van der Waals surface area contributed by atoms with Gasteiger partial charge in [-0.15, -0.1) is 0 Å². The van der Waals surface area contributed by atoms with Gasteiger partial charge in [-0.1, -0.05) is 13.8 Å². The van der Waals surface area contributed by atoms with Gasteiger partial charge in [0.2, 0.25) is 0 Å². The Morgan fingerprint density at radius 2 is 2.23 bits per heavy atom. The minimum Gasteiger partial charge on any atom is -0.503 e. The van der Waals surface area contributed by atoms with E-state index >= 15 is 0 Å². The molecule has 72 valence electrons. The summed E-state index contributed by atoms with van der Waals surface area (Å²) in [5, 5.41) is 9.42. The van der Waals surface area contributed by atoms with Crippen LogP contribution in [0.2, 0.25) is 0 Å².